The van der Waals surface area contributed by atoms with Crippen molar-refractivity contribution in [2.75, 3.05) is 0 Å². The number of thiophene rings is 1. The molecule has 4 aromatic heterocycles. The lowest BCUT2D eigenvalue weighted by Crippen LogP contribution is -2.12. The number of fused-ring (bicyclic) bond motifs is 1. The number of hydrogen-bond donors (Lipinski definition) is 1. The number of thioether (sulfide) groups is 1. The smallest absolute Gasteiger partial charge is 0.259 e. The van der Waals surface area contributed by atoms with Crippen LogP contribution in [0, 0.1) is 27.7 Å². The van der Waals surface area contributed by atoms with E-state index in [0.717, 1.165) is 37.5 Å². The molecule has 0 spiro atoms. The molecule has 0 saturated heterocycles. The highest BCUT2D eigenvalue weighted by atomic mass is 32.2. The molecule has 0 radical (unpaired) electrons. The van der Waals surface area contributed by atoms with E-state index in [1.54, 1.807) is 23.7 Å². The van der Waals surface area contributed by atoms with Gasteiger partial charge in [0.2, 0.25) is 0 Å². The summed E-state index contributed by atoms with van der Waals surface area (Å²) >= 11 is 3.07. The number of benzene rings is 1. The number of nitrogens with one attached hydrogen (secondary N) is 1. The van der Waals surface area contributed by atoms with Gasteiger partial charge in [0, 0.05) is 22.8 Å². The molecule has 0 fully saturated rings. The molecule has 172 valence electrons. The van der Waals surface area contributed by atoms with Gasteiger partial charge < -0.3 is 4.98 Å². The van der Waals surface area contributed by atoms with Gasteiger partial charge in [-0.1, -0.05) is 17.8 Å². The van der Waals surface area contributed by atoms with E-state index in [4.69, 9.17) is 4.98 Å². The average molecular weight is 489 g/mol. The van der Waals surface area contributed by atoms with Gasteiger partial charge in [0.1, 0.15) is 10.7 Å². The van der Waals surface area contributed by atoms with Gasteiger partial charge in [-0.3, -0.25) is 14.3 Å². The lowest BCUT2D eigenvalue weighted by molar-refractivity contribution is 0.862. The highest BCUT2D eigenvalue weighted by Crippen LogP contribution is 2.37. The summed E-state index contributed by atoms with van der Waals surface area (Å²) in [5.74, 6) is 1.37. The molecule has 7 nitrogen and oxygen atoms in total. The topological polar surface area (TPSA) is 89.4 Å². The summed E-state index contributed by atoms with van der Waals surface area (Å²) in [6.07, 6.45) is 3.50. The fourth-order valence-corrected chi connectivity index (χ4v) is 5.77. The Bertz CT molecular complexity index is 1570. The van der Waals surface area contributed by atoms with Gasteiger partial charge in [-0.2, -0.15) is 0 Å². The first-order chi connectivity index (χ1) is 16.3. The minimum Gasteiger partial charge on any atom is -0.309 e. The van der Waals surface area contributed by atoms with Gasteiger partial charge >= 0.3 is 0 Å². The first-order valence-electron chi connectivity index (χ1n) is 10.9. The number of pyridine rings is 1. The maximum Gasteiger partial charge on any atom is 0.259 e. The molecule has 0 aliphatic carbocycles. The summed E-state index contributed by atoms with van der Waals surface area (Å²) in [7, 11) is 0. The first kappa shape index (κ1) is 22.5. The van der Waals surface area contributed by atoms with Crippen molar-refractivity contribution in [3.8, 4) is 17.1 Å². The highest BCUT2D eigenvalue weighted by Gasteiger charge is 2.22. The summed E-state index contributed by atoms with van der Waals surface area (Å²) in [5.41, 5.74) is 5.23. The zero-order valence-corrected chi connectivity index (χ0v) is 21.2. The molecule has 9 heteroatoms. The SMILES string of the molecule is Cc1ccc(-n2c(SC(C)c3nc4sc(C)c(C)c4c(=O)[nH]3)nnc2-c2ccncc2)cc1C. The second kappa shape index (κ2) is 8.81. The standard InChI is InChI=1S/C25H24N6OS2/c1-13-6-7-19(12-14(13)2)31-22(18-8-10-26-11-9-18)29-30-25(31)34-17(5)21-27-23(32)20-15(3)16(4)33-24(20)28-21/h6-12,17H,1-5H3,(H,27,28,32). The summed E-state index contributed by atoms with van der Waals surface area (Å²) < 4.78 is 2.05. The minimum atomic E-state index is -0.139. The lowest BCUT2D eigenvalue weighted by atomic mass is 10.1. The number of nitrogens with zero attached hydrogens (tertiary/aromatic N) is 5. The van der Waals surface area contributed by atoms with Crippen LogP contribution in [0.25, 0.3) is 27.3 Å². The van der Waals surface area contributed by atoms with Crippen LogP contribution in [-0.2, 0) is 0 Å². The maximum atomic E-state index is 12.8. The van der Waals surface area contributed by atoms with Gasteiger partial charge in [-0.15, -0.1) is 21.5 Å². The summed E-state index contributed by atoms with van der Waals surface area (Å²) in [6, 6.07) is 10.2. The van der Waals surface area contributed by atoms with E-state index in [1.165, 1.54) is 22.9 Å². The van der Waals surface area contributed by atoms with Crippen molar-refractivity contribution in [1.29, 1.82) is 0 Å². The van der Waals surface area contributed by atoms with E-state index >= 15 is 0 Å². The quantitative estimate of drug-likeness (QED) is 0.319. The number of aryl methyl sites for hydroxylation is 4. The number of rotatable bonds is 5. The fourth-order valence-electron chi connectivity index (χ4n) is 3.81. The molecule has 1 atom stereocenters. The van der Waals surface area contributed by atoms with E-state index in [-0.39, 0.29) is 10.8 Å². The van der Waals surface area contributed by atoms with Crippen LogP contribution in [0.4, 0.5) is 0 Å². The van der Waals surface area contributed by atoms with Crippen molar-refractivity contribution >= 4 is 33.3 Å². The summed E-state index contributed by atoms with van der Waals surface area (Å²) in [6.45, 7) is 10.2. The Morgan fingerprint density at radius 3 is 2.53 bits per heavy atom. The molecule has 0 bridgehead atoms. The maximum absolute atomic E-state index is 12.8. The van der Waals surface area contributed by atoms with Crippen molar-refractivity contribution in [3.05, 3.63) is 80.5 Å². The number of H-pyrrole nitrogens is 1. The Morgan fingerprint density at radius 2 is 1.79 bits per heavy atom. The third kappa shape index (κ3) is 3.95. The van der Waals surface area contributed by atoms with Crippen LogP contribution in [0.15, 0.2) is 52.7 Å². The van der Waals surface area contributed by atoms with Gasteiger partial charge in [0.25, 0.3) is 5.56 Å². The minimum absolute atomic E-state index is 0.0950. The Hall–Kier alpha value is -3.30. The second-order valence-corrected chi connectivity index (χ2v) is 10.8. The van der Waals surface area contributed by atoms with E-state index in [9.17, 15) is 4.79 Å². The molecule has 0 aliphatic heterocycles. The molecule has 1 aromatic carbocycles. The predicted molar refractivity (Wildman–Crippen MR) is 138 cm³/mol. The van der Waals surface area contributed by atoms with Crippen LogP contribution in [0.2, 0.25) is 0 Å². The third-order valence-electron chi connectivity index (χ3n) is 6.05. The third-order valence-corrected chi connectivity index (χ3v) is 8.20. The van der Waals surface area contributed by atoms with Crippen LogP contribution in [0.3, 0.4) is 0 Å². The molecule has 1 unspecified atom stereocenters. The predicted octanol–water partition coefficient (Wildman–Crippen LogP) is 5.71. The zero-order valence-electron chi connectivity index (χ0n) is 19.6. The van der Waals surface area contributed by atoms with E-state index in [2.05, 4.69) is 56.8 Å². The molecular formula is C25H24N6OS2. The second-order valence-electron chi connectivity index (χ2n) is 8.32. The molecule has 1 N–H and O–H groups in total. The molecular weight excluding hydrogens is 464 g/mol. The van der Waals surface area contributed by atoms with Crippen molar-refractivity contribution in [3.63, 3.8) is 0 Å². The van der Waals surface area contributed by atoms with Crippen LogP contribution >= 0.6 is 23.1 Å². The van der Waals surface area contributed by atoms with E-state index in [1.807, 2.05) is 32.9 Å². The van der Waals surface area contributed by atoms with Crippen molar-refractivity contribution in [1.82, 2.24) is 29.7 Å². The highest BCUT2D eigenvalue weighted by molar-refractivity contribution is 7.99. The van der Waals surface area contributed by atoms with Gasteiger partial charge in [0.15, 0.2) is 11.0 Å². The largest absolute Gasteiger partial charge is 0.309 e. The number of hydrogen-bond acceptors (Lipinski definition) is 7. The van der Waals surface area contributed by atoms with E-state index < -0.39 is 0 Å². The molecule has 0 amide bonds. The Morgan fingerprint density at radius 1 is 1.03 bits per heavy atom. The summed E-state index contributed by atoms with van der Waals surface area (Å²) in [4.78, 5) is 26.6. The van der Waals surface area contributed by atoms with Crippen LogP contribution < -0.4 is 5.56 Å². The van der Waals surface area contributed by atoms with Crippen molar-refractivity contribution < 1.29 is 0 Å². The molecule has 5 aromatic rings. The first-order valence-corrected chi connectivity index (χ1v) is 12.6. The number of aromatic nitrogens is 6. The van der Waals surface area contributed by atoms with Crippen LogP contribution in [-0.4, -0.2) is 29.7 Å². The molecule has 4 heterocycles. The Labute approximate surface area is 205 Å². The van der Waals surface area contributed by atoms with Crippen LogP contribution in [0.5, 0.6) is 0 Å². The number of aromatic amines is 1. The monoisotopic (exact) mass is 488 g/mol. The fraction of sp³-hybridized carbons (Fsp3) is 0.240. The molecule has 0 saturated carbocycles. The van der Waals surface area contributed by atoms with Gasteiger partial charge in [0.05, 0.1) is 16.3 Å². The van der Waals surface area contributed by atoms with Gasteiger partial charge in [-0.25, -0.2) is 4.98 Å². The molecule has 0 aliphatic rings. The normalized spacial score (nSPS) is 12.4. The van der Waals surface area contributed by atoms with E-state index in [0.29, 0.717) is 11.2 Å². The van der Waals surface area contributed by atoms with Crippen molar-refractivity contribution in [2.24, 2.45) is 0 Å². The Kier molecular flexibility index (Phi) is 5.83. The zero-order chi connectivity index (χ0) is 24.0. The van der Waals surface area contributed by atoms with Crippen molar-refractivity contribution in [2.45, 2.75) is 45.0 Å². The lowest BCUT2D eigenvalue weighted by Gasteiger charge is -2.14. The average Bonchev–Trinajstić information content (AvgIpc) is 3.36. The molecule has 5 rings (SSSR count). The van der Waals surface area contributed by atoms with Crippen LogP contribution in [0.1, 0.15) is 39.6 Å². The Balaban J connectivity index is 1.59. The summed E-state index contributed by atoms with van der Waals surface area (Å²) in [5, 5.41) is 10.3. The van der Waals surface area contributed by atoms with Gasteiger partial charge in [-0.05, 0) is 75.6 Å². The molecule has 34 heavy (non-hydrogen) atoms.